The summed E-state index contributed by atoms with van der Waals surface area (Å²) in [6, 6.07) is 11.8. The summed E-state index contributed by atoms with van der Waals surface area (Å²) in [6.07, 6.45) is 8.80. The number of nitrogens with zero attached hydrogens (tertiary/aromatic N) is 3. The van der Waals surface area contributed by atoms with Crippen molar-refractivity contribution in [1.29, 1.82) is 0 Å². The lowest BCUT2D eigenvalue weighted by Crippen LogP contribution is -2.26. The number of rotatable bonds is 6. The van der Waals surface area contributed by atoms with E-state index in [4.69, 9.17) is 0 Å². The molecule has 0 aliphatic carbocycles. The molecule has 3 heterocycles. The zero-order chi connectivity index (χ0) is 20.8. The van der Waals surface area contributed by atoms with E-state index in [1.54, 1.807) is 0 Å². The Morgan fingerprint density at radius 3 is 2.27 bits per heavy atom. The summed E-state index contributed by atoms with van der Waals surface area (Å²) in [7, 11) is 0. The largest absolute Gasteiger partial charge is 0.357 e. The molecule has 158 valence electrons. The minimum Gasteiger partial charge on any atom is -0.357 e. The lowest BCUT2D eigenvalue weighted by molar-refractivity contribution is -0.120. The highest BCUT2D eigenvalue weighted by Crippen LogP contribution is 2.22. The van der Waals surface area contributed by atoms with Crippen LogP contribution in [0.4, 0.5) is 11.5 Å². The molecule has 2 saturated heterocycles. The van der Waals surface area contributed by atoms with Crippen molar-refractivity contribution in [3.8, 4) is 0 Å². The van der Waals surface area contributed by atoms with Gasteiger partial charge in [0.15, 0.2) is 0 Å². The molecule has 2 aliphatic heterocycles. The zero-order valence-corrected chi connectivity index (χ0v) is 17.5. The van der Waals surface area contributed by atoms with Gasteiger partial charge in [0, 0.05) is 44.5 Å². The van der Waals surface area contributed by atoms with Crippen molar-refractivity contribution in [2.24, 2.45) is 0 Å². The molecule has 0 spiro atoms. The van der Waals surface area contributed by atoms with E-state index in [-0.39, 0.29) is 11.8 Å². The van der Waals surface area contributed by atoms with Gasteiger partial charge in [0.2, 0.25) is 11.8 Å². The molecule has 1 aromatic carbocycles. The third-order valence-electron chi connectivity index (χ3n) is 5.91. The van der Waals surface area contributed by atoms with E-state index in [1.807, 2.05) is 35.4 Å². The van der Waals surface area contributed by atoms with Gasteiger partial charge in [-0.05, 0) is 48.6 Å². The summed E-state index contributed by atoms with van der Waals surface area (Å²) < 4.78 is 0. The Labute approximate surface area is 178 Å². The summed E-state index contributed by atoms with van der Waals surface area (Å²) in [5, 5.41) is 2.98. The molecule has 2 aliphatic rings. The molecule has 1 aromatic heterocycles. The topological polar surface area (TPSA) is 65.5 Å². The number of anilines is 2. The van der Waals surface area contributed by atoms with Gasteiger partial charge in [0.1, 0.15) is 5.82 Å². The van der Waals surface area contributed by atoms with Crippen LogP contribution in [0.1, 0.15) is 49.7 Å². The Bertz CT molecular complexity index is 856. The quantitative estimate of drug-likeness (QED) is 0.798. The number of carbonyl (C=O) groups excluding carboxylic acids is 2. The highest BCUT2D eigenvalue weighted by Gasteiger charge is 2.21. The van der Waals surface area contributed by atoms with E-state index in [0.717, 1.165) is 48.7 Å². The second-order valence-electron chi connectivity index (χ2n) is 8.19. The number of aromatic nitrogens is 1. The molecule has 0 saturated carbocycles. The van der Waals surface area contributed by atoms with Gasteiger partial charge in [-0.2, -0.15) is 0 Å². The summed E-state index contributed by atoms with van der Waals surface area (Å²) in [5.41, 5.74) is 2.86. The predicted molar refractivity (Wildman–Crippen MR) is 118 cm³/mol. The Kier molecular flexibility index (Phi) is 6.62. The normalized spacial score (nSPS) is 17.1. The van der Waals surface area contributed by atoms with Crippen LogP contribution in [0, 0.1) is 0 Å². The van der Waals surface area contributed by atoms with Crippen LogP contribution in [0.25, 0.3) is 0 Å². The number of amides is 2. The molecule has 0 unspecified atom stereocenters. The number of pyridine rings is 1. The Morgan fingerprint density at radius 1 is 0.900 bits per heavy atom. The first kappa shape index (κ1) is 20.4. The molecule has 1 N–H and O–H groups in total. The molecule has 0 atom stereocenters. The van der Waals surface area contributed by atoms with Crippen LogP contribution in [0.2, 0.25) is 0 Å². The first-order valence-electron chi connectivity index (χ1n) is 11.0. The number of hydrogen-bond donors (Lipinski definition) is 1. The average molecular weight is 407 g/mol. The van der Waals surface area contributed by atoms with Gasteiger partial charge in [-0.1, -0.05) is 31.0 Å². The summed E-state index contributed by atoms with van der Waals surface area (Å²) in [4.78, 5) is 32.9. The fourth-order valence-corrected chi connectivity index (χ4v) is 4.17. The molecule has 0 bridgehead atoms. The molecular formula is C24H30N4O2. The van der Waals surface area contributed by atoms with E-state index in [9.17, 15) is 9.59 Å². The number of nitrogens with one attached hydrogen (secondary N) is 1. The minimum atomic E-state index is -0.0170. The van der Waals surface area contributed by atoms with Gasteiger partial charge in [-0.15, -0.1) is 0 Å². The van der Waals surface area contributed by atoms with E-state index in [1.165, 1.54) is 25.7 Å². The highest BCUT2D eigenvalue weighted by atomic mass is 16.2. The van der Waals surface area contributed by atoms with Crippen molar-refractivity contribution in [1.82, 2.24) is 10.3 Å². The molecule has 2 amide bonds. The smallest absolute Gasteiger partial charge is 0.227 e. The highest BCUT2D eigenvalue weighted by molar-refractivity contribution is 5.95. The van der Waals surface area contributed by atoms with E-state index < -0.39 is 0 Å². The van der Waals surface area contributed by atoms with Crippen LogP contribution in [-0.2, 0) is 22.6 Å². The van der Waals surface area contributed by atoms with Crippen molar-refractivity contribution >= 4 is 23.3 Å². The molecule has 2 fully saturated rings. The minimum absolute atomic E-state index is 0.0170. The van der Waals surface area contributed by atoms with Crippen LogP contribution >= 0.6 is 0 Å². The van der Waals surface area contributed by atoms with Crippen LogP contribution in [0.15, 0.2) is 42.6 Å². The van der Waals surface area contributed by atoms with Gasteiger partial charge in [-0.3, -0.25) is 9.59 Å². The second kappa shape index (κ2) is 9.74. The SMILES string of the molecule is O=C(Cc1ccc(N2CCCC2=O)cc1)NCc1ccc(N2CCCCCC2)nc1. The molecule has 0 radical (unpaired) electrons. The molecule has 2 aromatic rings. The lowest BCUT2D eigenvalue weighted by Gasteiger charge is -2.21. The number of hydrogen-bond acceptors (Lipinski definition) is 4. The van der Waals surface area contributed by atoms with Crippen molar-refractivity contribution in [3.63, 3.8) is 0 Å². The first-order valence-corrected chi connectivity index (χ1v) is 11.0. The van der Waals surface area contributed by atoms with Crippen LogP contribution in [0.5, 0.6) is 0 Å². The Hall–Kier alpha value is -2.89. The van der Waals surface area contributed by atoms with Crippen molar-refractivity contribution in [3.05, 3.63) is 53.7 Å². The van der Waals surface area contributed by atoms with Crippen LogP contribution < -0.4 is 15.1 Å². The second-order valence-corrected chi connectivity index (χ2v) is 8.19. The maximum absolute atomic E-state index is 12.3. The monoisotopic (exact) mass is 406 g/mol. The van der Waals surface area contributed by atoms with Gasteiger partial charge >= 0.3 is 0 Å². The molecule has 4 rings (SSSR count). The van der Waals surface area contributed by atoms with Gasteiger partial charge in [-0.25, -0.2) is 4.98 Å². The van der Waals surface area contributed by atoms with Crippen molar-refractivity contribution in [2.45, 2.75) is 51.5 Å². The first-order chi connectivity index (χ1) is 14.7. The van der Waals surface area contributed by atoms with Gasteiger partial charge < -0.3 is 15.1 Å². The third kappa shape index (κ3) is 5.17. The molecule has 6 heteroatoms. The predicted octanol–water partition coefficient (Wildman–Crippen LogP) is 3.45. The Morgan fingerprint density at radius 2 is 1.63 bits per heavy atom. The Balaban J connectivity index is 1.25. The fraction of sp³-hybridized carbons (Fsp3) is 0.458. The van der Waals surface area contributed by atoms with E-state index >= 15 is 0 Å². The third-order valence-corrected chi connectivity index (χ3v) is 5.91. The zero-order valence-electron chi connectivity index (χ0n) is 17.5. The maximum Gasteiger partial charge on any atom is 0.227 e. The lowest BCUT2D eigenvalue weighted by atomic mass is 10.1. The van der Waals surface area contributed by atoms with E-state index in [2.05, 4.69) is 27.3 Å². The standard InChI is InChI=1S/C24H30N4O2/c29-23(16-19-7-10-21(11-8-19)28-15-5-6-24(28)30)26-18-20-9-12-22(25-17-20)27-13-3-1-2-4-14-27/h7-12,17H,1-6,13-16,18H2,(H,26,29). The molecule has 6 nitrogen and oxygen atoms in total. The number of benzene rings is 1. The van der Waals surface area contributed by atoms with Crippen LogP contribution in [-0.4, -0.2) is 36.4 Å². The fourth-order valence-electron chi connectivity index (χ4n) is 4.17. The van der Waals surface area contributed by atoms with Crippen LogP contribution in [0.3, 0.4) is 0 Å². The molecule has 30 heavy (non-hydrogen) atoms. The summed E-state index contributed by atoms with van der Waals surface area (Å²) >= 11 is 0. The van der Waals surface area contributed by atoms with Crippen molar-refractivity contribution < 1.29 is 9.59 Å². The van der Waals surface area contributed by atoms with Crippen molar-refractivity contribution in [2.75, 3.05) is 29.4 Å². The average Bonchev–Trinajstić information content (AvgIpc) is 3.02. The van der Waals surface area contributed by atoms with Gasteiger partial charge in [0.05, 0.1) is 6.42 Å². The summed E-state index contributed by atoms with van der Waals surface area (Å²) in [5.74, 6) is 1.19. The summed E-state index contributed by atoms with van der Waals surface area (Å²) in [6.45, 7) is 3.41. The van der Waals surface area contributed by atoms with E-state index in [0.29, 0.717) is 19.4 Å². The molecular weight excluding hydrogens is 376 g/mol. The number of carbonyl (C=O) groups is 2. The maximum atomic E-state index is 12.3. The van der Waals surface area contributed by atoms with Gasteiger partial charge in [0.25, 0.3) is 0 Å².